The highest BCUT2D eigenvalue weighted by Crippen LogP contribution is 2.46. The number of rotatable bonds is 10. The van der Waals surface area contributed by atoms with Gasteiger partial charge in [-0.05, 0) is 28.4 Å². The first-order valence-corrected chi connectivity index (χ1v) is 14.4. The molecule has 0 atom stereocenters. The first-order chi connectivity index (χ1) is 19.6. The Kier molecular flexibility index (Phi) is 9.66. The molecule has 0 saturated heterocycles. The summed E-state index contributed by atoms with van der Waals surface area (Å²) in [6.07, 6.45) is -0.753. The van der Waals surface area contributed by atoms with Gasteiger partial charge in [0.15, 0.2) is 5.78 Å². The van der Waals surface area contributed by atoms with Crippen LogP contribution in [0.15, 0.2) is 121 Å². The topological polar surface area (TPSA) is 108 Å². The third-order valence-corrected chi connectivity index (χ3v) is 10.4. The summed E-state index contributed by atoms with van der Waals surface area (Å²) in [5, 5.41) is 18.0. The van der Waals surface area contributed by atoms with E-state index in [1.807, 2.05) is 121 Å². The zero-order chi connectivity index (χ0) is 28.2. The van der Waals surface area contributed by atoms with Gasteiger partial charge in [-0.15, -0.1) is 0 Å². The molecule has 0 aliphatic carbocycles. The minimum Gasteiger partial charge on any atom is -0.445 e. The average molecular weight is 550 g/mol. The monoisotopic (exact) mass is 549 g/mol. The van der Waals surface area contributed by atoms with Gasteiger partial charge in [0.25, 0.3) is 0 Å². The Bertz CT molecular complexity index is 1450. The van der Waals surface area contributed by atoms with Crippen molar-refractivity contribution < 1.29 is 19.1 Å². The molecule has 4 rings (SSSR count). The standard InChI is InChI=1S/C32H28N3O4P/c33-21-30(29(36)22-34-31(37)23-35-32(38)39-24-25-13-5-1-6-14-25)40(26-15-7-2-8-16-26,27-17-9-3-10-18-27)28-19-11-4-12-20-28/h1-20H,22-24H2,(H,34,37)(H,35,38). The number of nitriles is 1. The van der Waals surface area contributed by atoms with Crippen LogP contribution >= 0.6 is 6.89 Å². The van der Waals surface area contributed by atoms with Crippen LogP contribution in [-0.4, -0.2) is 36.2 Å². The quantitative estimate of drug-likeness (QED) is 0.295. The highest BCUT2D eigenvalue weighted by atomic mass is 31.2. The summed E-state index contributed by atoms with van der Waals surface area (Å²) in [6.45, 7) is -3.58. The van der Waals surface area contributed by atoms with Crippen LogP contribution in [-0.2, 0) is 20.9 Å². The van der Waals surface area contributed by atoms with Gasteiger partial charge in [0.05, 0.1) is 6.54 Å². The molecule has 2 N–H and O–H groups in total. The average Bonchev–Trinajstić information content (AvgIpc) is 3.02. The predicted octanol–water partition coefficient (Wildman–Crippen LogP) is 3.29. The van der Waals surface area contributed by atoms with E-state index in [9.17, 15) is 19.6 Å². The summed E-state index contributed by atoms with van der Waals surface area (Å²) in [7, 11) is 0. The van der Waals surface area contributed by atoms with Crippen molar-refractivity contribution in [1.29, 1.82) is 5.26 Å². The second-order valence-corrected chi connectivity index (χ2v) is 12.1. The van der Waals surface area contributed by atoms with E-state index in [1.165, 1.54) is 0 Å². The van der Waals surface area contributed by atoms with Crippen LogP contribution in [0.5, 0.6) is 0 Å². The van der Waals surface area contributed by atoms with Crippen LogP contribution in [0.2, 0.25) is 0 Å². The van der Waals surface area contributed by atoms with E-state index in [0.717, 1.165) is 21.5 Å². The number of Topliss-reactive ketones (excluding diaryl/α,β-unsaturated/α-hetero) is 1. The zero-order valence-electron chi connectivity index (χ0n) is 21.7. The van der Waals surface area contributed by atoms with Crippen molar-refractivity contribution >= 4 is 45.9 Å². The van der Waals surface area contributed by atoms with Gasteiger partial charge in [-0.2, -0.15) is 5.26 Å². The molecule has 7 nitrogen and oxygen atoms in total. The molecule has 4 aromatic carbocycles. The summed E-state index contributed by atoms with van der Waals surface area (Å²) in [5.41, 5.74) is 0.814. The fourth-order valence-electron chi connectivity index (χ4n) is 4.37. The van der Waals surface area contributed by atoms with Crippen LogP contribution in [0.1, 0.15) is 5.56 Å². The summed E-state index contributed by atoms with van der Waals surface area (Å²) >= 11 is 0. The third-order valence-electron chi connectivity index (χ3n) is 6.19. The minimum atomic E-state index is -2.88. The normalized spacial score (nSPS) is 10.6. The van der Waals surface area contributed by atoms with Crippen LogP contribution in [0.3, 0.4) is 0 Å². The van der Waals surface area contributed by atoms with Crippen LogP contribution < -0.4 is 26.5 Å². The van der Waals surface area contributed by atoms with E-state index < -0.39 is 31.2 Å². The van der Waals surface area contributed by atoms with Gasteiger partial charge < -0.3 is 15.4 Å². The van der Waals surface area contributed by atoms with Gasteiger partial charge in [-0.3, -0.25) is 9.59 Å². The molecular formula is C32H28N3O4P. The van der Waals surface area contributed by atoms with E-state index >= 15 is 0 Å². The number of carbonyl (C=O) groups is 3. The molecule has 0 aromatic heterocycles. The zero-order valence-corrected chi connectivity index (χ0v) is 22.6. The van der Waals surface area contributed by atoms with Gasteiger partial charge in [-0.25, -0.2) is 4.79 Å². The Labute approximate surface area is 233 Å². The summed E-state index contributed by atoms with van der Waals surface area (Å²) in [6, 6.07) is 40.0. The van der Waals surface area contributed by atoms with Gasteiger partial charge >= 0.3 is 6.09 Å². The number of nitrogens with one attached hydrogen (secondary N) is 2. The molecule has 0 heterocycles. The Morgan fingerprint density at radius 2 is 1.10 bits per heavy atom. The van der Waals surface area contributed by atoms with Gasteiger partial charge in [0.2, 0.25) is 5.91 Å². The maximum absolute atomic E-state index is 13.7. The third kappa shape index (κ3) is 6.55. The van der Waals surface area contributed by atoms with E-state index in [0.29, 0.717) is 0 Å². The number of alkyl carbamates (subject to hydrolysis) is 1. The van der Waals surface area contributed by atoms with Crippen molar-refractivity contribution in [3.05, 3.63) is 127 Å². The van der Waals surface area contributed by atoms with E-state index in [4.69, 9.17) is 4.74 Å². The Morgan fingerprint density at radius 1 is 0.650 bits per heavy atom. The van der Waals surface area contributed by atoms with Crippen LogP contribution in [0.25, 0.3) is 0 Å². The molecule has 200 valence electrons. The molecule has 0 aliphatic heterocycles. The van der Waals surface area contributed by atoms with Crippen molar-refractivity contribution in [2.24, 2.45) is 0 Å². The predicted molar refractivity (Wildman–Crippen MR) is 158 cm³/mol. The highest BCUT2D eigenvalue weighted by Gasteiger charge is 2.33. The van der Waals surface area contributed by atoms with Crippen molar-refractivity contribution in [3.8, 4) is 6.07 Å². The molecule has 40 heavy (non-hydrogen) atoms. The summed E-state index contributed by atoms with van der Waals surface area (Å²) < 4.78 is 5.11. The van der Waals surface area contributed by atoms with Gasteiger partial charge in [0, 0.05) is 0 Å². The molecule has 4 aromatic rings. The second-order valence-electron chi connectivity index (χ2n) is 8.75. The van der Waals surface area contributed by atoms with Crippen molar-refractivity contribution in [2.45, 2.75) is 6.61 Å². The SMILES string of the molecule is N#CC(C(=O)CNC(=O)CNC(=O)OCc1ccccc1)=P(c1ccccc1)(c1ccccc1)c1ccccc1. The number of ether oxygens (including phenoxy) is 1. The molecule has 0 aliphatic rings. The van der Waals surface area contributed by atoms with Gasteiger partial charge in [0.1, 0.15) is 24.5 Å². The highest BCUT2D eigenvalue weighted by molar-refractivity contribution is 7.97. The Balaban J connectivity index is 1.58. The number of benzene rings is 4. The Morgan fingerprint density at radius 3 is 1.55 bits per heavy atom. The molecule has 2 amide bonds. The number of hydrogen-bond acceptors (Lipinski definition) is 5. The fourth-order valence-corrected chi connectivity index (χ4v) is 8.50. The first kappa shape index (κ1) is 28.1. The number of ketones is 1. The number of carbonyl (C=O) groups excluding carboxylic acids is 3. The van der Waals surface area contributed by atoms with Crippen molar-refractivity contribution in [3.63, 3.8) is 0 Å². The molecule has 0 unspecified atom stereocenters. The lowest BCUT2D eigenvalue weighted by molar-refractivity contribution is -0.122. The minimum absolute atomic E-state index is 0.0670. The lowest BCUT2D eigenvalue weighted by Gasteiger charge is -2.30. The maximum Gasteiger partial charge on any atom is 0.407 e. The number of amides is 2. The molecular weight excluding hydrogens is 521 g/mol. The molecule has 8 heteroatoms. The lowest BCUT2D eigenvalue weighted by Crippen LogP contribution is -2.41. The fraction of sp³-hybridized carbons (Fsp3) is 0.0938. The van der Waals surface area contributed by atoms with Crippen LogP contribution in [0, 0.1) is 11.3 Å². The lowest BCUT2D eigenvalue weighted by atomic mass is 10.2. The number of hydrogen-bond donors (Lipinski definition) is 2. The maximum atomic E-state index is 13.7. The first-order valence-electron chi connectivity index (χ1n) is 12.6. The largest absolute Gasteiger partial charge is 0.445 e. The molecule has 0 bridgehead atoms. The molecule has 0 saturated carbocycles. The second kappa shape index (κ2) is 13.7. The number of nitrogens with zero attached hydrogens (tertiary/aromatic N) is 1. The van der Waals surface area contributed by atoms with E-state index in [-0.39, 0.29) is 18.4 Å². The van der Waals surface area contributed by atoms with Crippen molar-refractivity contribution in [1.82, 2.24) is 10.6 Å². The Hall–Kier alpha value is -4.92. The van der Waals surface area contributed by atoms with Crippen molar-refractivity contribution in [2.75, 3.05) is 13.1 Å². The molecule has 0 fully saturated rings. The van der Waals surface area contributed by atoms with Gasteiger partial charge in [-0.1, -0.05) is 121 Å². The van der Waals surface area contributed by atoms with E-state index in [1.54, 1.807) is 0 Å². The molecule has 0 spiro atoms. The summed E-state index contributed by atoms with van der Waals surface area (Å²) in [5.74, 6) is -1.07. The molecule has 0 radical (unpaired) electrons. The smallest absolute Gasteiger partial charge is 0.407 e. The van der Waals surface area contributed by atoms with E-state index in [2.05, 4.69) is 16.7 Å². The van der Waals surface area contributed by atoms with Crippen LogP contribution in [0.4, 0.5) is 4.79 Å². The summed E-state index contributed by atoms with van der Waals surface area (Å²) in [4.78, 5) is 38.2.